The van der Waals surface area contributed by atoms with E-state index in [1.54, 1.807) is 4.90 Å². The van der Waals surface area contributed by atoms with Gasteiger partial charge in [-0.25, -0.2) is 0 Å². The molecule has 3 N–H and O–H groups in total. The summed E-state index contributed by atoms with van der Waals surface area (Å²) in [4.78, 5) is 1.65. The molecule has 0 spiro atoms. The predicted octanol–water partition coefficient (Wildman–Crippen LogP) is 3.64. The number of likely N-dealkylation sites (tertiary alicyclic amines) is 1. The topological polar surface area (TPSA) is 37.7 Å². The number of piperidine rings is 1. The van der Waals surface area contributed by atoms with E-state index < -0.39 is 6.36 Å². The average molecular weight is 425 g/mol. The van der Waals surface area contributed by atoms with Crippen molar-refractivity contribution in [2.45, 2.75) is 38.7 Å². The second-order valence-electron chi connectivity index (χ2n) is 7.18. The van der Waals surface area contributed by atoms with Crippen molar-refractivity contribution in [3.8, 4) is 5.75 Å². The molecule has 1 aliphatic heterocycles. The van der Waals surface area contributed by atoms with Crippen molar-refractivity contribution in [3.05, 3.63) is 59.7 Å². The van der Waals surface area contributed by atoms with Crippen molar-refractivity contribution in [1.29, 1.82) is 0 Å². The van der Waals surface area contributed by atoms with Gasteiger partial charge in [-0.2, -0.15) is 0 Å². The van der Waals surface area contributed by atoms with E-state index in [-0.39, 0.29) is 5.75 Å². The van der Waals surface area contributed by atoms with Crippen molar-refractivity contribution in [3.63, 3.8) is 0 Å². The minimum absolute atomic E-state index is 0.270. The van der Waals surface area contributed by atoms with E-state index in [0.717, 1.165) is 12.1 Å². The number of halogens is 3. The minimum Gasteiger partial charge on any atom is -0.406 e. The molecule has 29 heavy (non-hydrogen) atoms. The Labute approximate surface area is 174 Å². The molecule has 2 aromatic rings. The van der Waals surface area contributed by atoms with Gasteiger partial charge in [0.25, 0.3) is 0 Å². The van der Waals surface area contributed by atoms with Crippen LogP contribution in [0.4, 0.5) is 18.9 Å². The molecule has 1 fully saturated rings. The van der Waals surface area contributed by atoms with E-state index in [9.17, 15) is 13.2 Å². The summed E-state index contributed by atoms with van der Waals surface area (Å²) in [6.45, 7) is 4.15. The molecule has 0 saturated carbocycles. The van der Waals surface area contributed by atoms with Gasteiger partial charge in [-0.15, -0.1) is 13.2 Å². The lowest BCUT2D eigenvalue weighted by molar-refractivity contribution is -0.918. The molecule has 3 rings (SSSR count). The highest BCUT2D eigenvalue weighted by Gasteiger charge is 2.30. The van der Waals surface area contributed by atoms with Gasteiger partial charge in [0.1, 0.15) is 12.3 Å². The van der Waals surface area contributed by atoms with E-state index in [2.05, 4.69) is 39.6 Å². The highest BCUT2D eigenvalue weighted by atomic mass is 32.1. The third-order valence-electron chi connectivity index (χ3n) is 4.84. The van der Waals surface area contributed by atoms with Gasteiger partial charge in [0, 0.05) is 17.8 Å². The van der Waals surface area contributed by atoms with Crippen LogP contribution in [-0.2, 0) is 13.1 Å². The summed E-state index contributed by atoms with van der Waals surface area (Å²) in [6.07, 6.45) is -0.705. The summed E-state index contributed by atoms with van der Waals surface area (Å²) < 4.78 is 40.4. The molecule has 0 aliphatic carbocycles. The van der Waals surface area contributed by atoms with Gasteiger partial charge in [-0.1, -0.05) is 24.3 Å². The highest BCUT2D eigenvalue weighted by Crippen LogP contribution is 2.23. The van der Waals surface area contributed by atoms with Crippen LogP contribution in [0.1, 0.15) is 30.4 Å². The molecule has 0 aromatic heterocycles. The van der Waals surface area contributed by atoms with E-state index in [4.69, 9.17) is 12.2 Å². The van der Waals surface area contributed by atoms with Crippen molar-refractivity contribution >= 4 is 23.0 Å². The Hall–Kier alpha value is -2.32. The predicted molar refractivity (Wildman–Crippen MR) is 111 cm³/mol. The molecule has 8 heteroatoms. The van der Waals surface area contributed by atoms with E-state index in [0.29, 0.717) is 17.3 Å². The monoisotopic (exact) mass is 424 g/mol. The molecule has 0 bridgehead atoms. The summed E-state index contributed by atoms with van der Waals surface area (Å²) in [5, 5.41) is 6.45. The number of rotatable bonds is 6. The number of benzene rings is 2. The van der Waals surface area contributed by atoms with Gasteiger partial charge in [-0.05, 0) is 61.3 Å². The lowest BCUT2D eigenvalue weighted by atomic mass is 10.1. The van der Waals surface area contributed by atoms with Gasteiger partial charge < -0.3 is 20.3 Å². The molecule has 1 saturated heterocycles. The van der Waals surface area contributed by atoms with Gasteiger partial charge in [0.15, 0.2) is 5.11 Å². The number of anilines is 1. The van der Waals surface area contributed by atoms with Crippen LogP contribution in [0.25, 0.3) is 0 Å². The lowest BCUT2D eigenvalue weighted by Crippen LogP contribution is -3.11. The first-order chi connectivity index (χ1) is 13.9. The fourth-order valence-corrected chi connectivity index (χ4v) is 3.58. The van der Waals surface area contributed by atoms with Gasteiger partial charge >= 0.3 is 6.36 Å². The minimum atomic E-state index is -4.70. The standard InChI is InChI=1S/C21H24F3N3OS/c22-21(23,24)28-19-10-8-18(9-11-19)26-20(29)25-14-16-4-6-17(7-5-16)15-27-12-2-1-3-13-27/h4-11H,1-3,12-15H2,(H2,25,26,29)/p+1. The van der Waals surface area contributed by atoms with Crippen LogP contribution in [0.5, 0.6) is 5.75 Å². The lowest BCUT2D eigenvalue weighted by Gasteiger charge is -2.23. The SMILES string of the molecule is FC(F)(F)Oc1ccc(NC(=S)NCc2ccc(C[NH+]3CCCCC3)cc2)cc1. The third-order valence-corrected chi connectivity index (χ3v) is 5.08. The number of nitrogens with one attached hydrogen (secondary N) is 3. The van der Waals surface area contributed by atoms with Crippen molar-refractivity contribution in [2.24, 2.45) is 0 Å². The van der Waals surface area contributed by atoms with Gasteiger partial charge in [0.2, 0.25) is 0 Å². The molecule has 0 atom stereocenters. The first kappa shape index (κ1) is 21.4. The number of alkyl halides is 3. The zero-order chi connectivity index (χ0) is 20.7. The fourth-order valence-electron chi connectivity index (χ4n) is 3.39. The maximum absolute atomic E-state index is 12.2. The van der Waals surface area contributed by atoms with Crippen LogP contribution >= 0.6 is 12.2 Å². The number of ether oxygens (including phenoxy) is 1. The fraction of sp³-hybridized carbons (Fsp3) is 0.381. The zero-order valence-electron chi connectivity index (χ0n) is 16.0. The number of hydrogen-bond acceptors (Lipinski definition) is 2. The molecule has 2 aromatic carbocycles. The number of hydrogen-bond donors (Lipinski definition) is 3. The van der Waals surface area contributed by atoms with E-state index >= 15 is 0 Å². The molecule has 1 heterocycles. The first-order valence-electron chi connectivity index (χ1n) is 9.69. The quantitative estimate of drug-likeness (QED) is 0.619. The third kappa shape index (κ3) is 7.55. The smallest absolute Gasteiger partial charge is 0.406 e. The highest BCUT2D eigenvalue weighted by molar-refractivity contribution is 7.80. The molecular weight excluding hydrogens is 399 g/mol. The molecular formula is C21H25F3N3OS+. The Kier molecular flexibility index (Phi) is 7.33. The van der Waals surface area contributed by atoms with Crippen LogP contribution in [0.3, 0.4) is 0 Å². The Bertz CT molecular complexity index is 788. The Morgan fingerprint density at radius 2 is 1.55 bits per heavy atom. The van der Waals surface area contributed by atoms with Crippen LogP contribution in [0.15, 0.2) is 48.5 Å². The number of thiocarbonyl (C=S) groups is 1. The van der Waals surface area contributed by atoms with Gasteiger partial charge in [0.05, 0.1) is 13.1 Å². The molecule has 0 amide bonds. The van der Waals surface area contributed by atoms with Crippen molar-refractivity contribution in [2.75, 3.05) is 18.4 Å². The van der Waals surface area contributed by atoms with E-state index in [1.165, 1.54) is 62.2 Å². The van der Waals surface area contributed by atoms with Crippen molar-refractivity contribution in [1.82, 2.24) is 5.32 Å². The van der Waals surface area contributed by atoms with Crippen LogP contribution in [0.2, 0.25) is 0 Å². The largest absolute Gasteiger partial charge is 0.573 e. The maximum Gasteiger partial charge on any atom is 0.573 e. The second-order valence-corrected chi connectivity index (χ2v) is 7.59. The van der Waals surface area contributed by atoms with Crippen molar-refractivity contribution < 1.29 is 22.8 Å². The Morgan fingerprint density at radius 3 is 2.17 bits per heavy atom. The Morgan fingerprint density at radius 1 is 0.931 bits per heavy atom. The molecule has 0 radical (unpaired) electrons. The molecule has 156 valence electrons. The summed E-state index contributed by atoms with van der Waals surface area (Å²) >= 11 is 5.25. The average Bonchev–Trinajstić information content (AvgIpc) is 2.69. The maximum atomic E-state index is 12.2. The number of quaternary nitrogens is 1. The normalized spacial score (nSPS) is 15.0. The second kappa shape index (κ2) is 9.93. The molecule has 4 nitrogen and oxygen atoms in total. The summed E-state index contributed by atoms with van der Waals surface area (Å²) in [5.74, 6) is -0.270. The summed E-state index contributed by atoms with van der Waals surface area (Å²) in [7, 11) is 0. The summed E-state index contributed by atoms with van der Waals surface area (Å²) in [5.41, 5.74) is 3.03. The van der Waals surface area contributed by atoms with E-state index in [1.807, 2.05) is 0 Å². The summed E-state index contributed by atoms with van der Waals surface area (Å²) in [6, 6.07) is 13.9. The van der Waals surface area contributed by atoms with Gasteiger partial charge in [-0.3, -0.25) is 0 Å². The van der Waals surface area contributed by atoms with Crippen LogP contribution < -0.4 is 20.3 Å². The first-order valence-corrected chi connectivity index (χ1v) is 10.1. The van der Waals surface area contributed by atoms with Crippen LogP contribution in [-0.4, -0.2) is 24.6 Å². The molecule has 0 unspecified atom stereocenters. The molecule has 1 aliphatic rings. The zero-order valence-corrected chi connectivity index (χ0v) is 16.8. The Balaban J connectivity index is 1.43. The van der Waals surface area contributed by atoms with Crippen LogP contribution in [0, 0.1) is 0 Å².